The van der Waals surface area contributed by atoms with E-state index in [0.717, 1.165) is 17.9 Å². The molecule has 1 rings (SSSR count). The van der Waals surface area contributed by atoms with Gasteiger partial charge in [-0.2, -0.15) is 0 Å². The first-order valence-electron chi connectivity index (χ1n) is 5.24. The number of anilines is 1. The fourth-order valence-electron chi connectivity index (χ4n) is 1.18. The molecule has 0 saturated heterocycles. The zero-order valence-corrected chi connectivity index (χ0v) is 10.1. The molecular formula is C13H20N2. The van der Waals surface area contributed by atoms with Crippen molar-refractivity contribution in [3.05, 3.63) is 36.0 Å². The summed E-state index contributed by atoms with van der Waals surface area (Å²) in [6, 6.07) is 4.14. The van der Waals surface area contributed by atoms with E-state index >= 15 is 0 Å². The van der Waals surface area contributed by atoms with E-state index in [1.54, 1.807) is 0 Å². The lowest BCUT2D eigenvalue weighted by atomic mass is 9.88. The van der Waals surface area contributed by atoms with Crippen LogP contribution >= 0.6 is 0 Å². The second-order valence-corrected chi connectivity index (χ2v) is 4.99. The van der Waals surface area contributed by atoms with E-state index in [0.29, 0.717) is 0 Å². The quantitative estimate of drug-likeness (QED) is 0.764. The third-order valence-electron chi connectivity index (χ3n) is 2.20. The molecule has 0 aliphatic rings. The number of hydrogen-bond acceptors (Lipinski definition) is 2. The Labute approximate surface area is 92.4 Å². The molecule has 0 radical (unpaired) electrons. The fourth-order valence-corrected chi connectivity index (χ4v) is 1.18. The molecule has 1 aromatic heterocycles. The molecule has 82 valence electrons. The van der Waals surface area contributed by atoms with E-state index in [1.807, 2.05) is 19.2 Å². The summed E-state index contributed by atoms with van der Waals surface area (Å²) in [5.41, 5.74) is 2.53. The van der Waals surface area contributed by atoms with Gasteiger partial charge < -0.3 is 5.32 Å². The van der Waals surface area contributed by atoms with Gasteiger partial charge in [0.1, 0.15) is 5.82 Å². The van der Waals surface area contributed by atoms with Crippen LogP contribution in [0.5, 0.6) is 0 Å². The molecule has 15 heavy (non-hydrogen) atoms. The summed E-state index contributed by atoms with van der Waals surface area (Å²) in [6.45, 7) is 13.2. The molecule has 0 spiro atoms. The van der Waals surface area contributed by atoms with Gasteiger partial charge in [0.25, 0.3) is 0 Å². The molecular weight excluding hydrogens is 184 g/mol. The number of hydrogen-bond donors (Lipinski definition) is 1. The Morgan fingerprint density at radius 1 is 1.40 bits per heavy atom. The van der Waals surface area contributed by atoms with Crippen molar-refractivity contribution in [1.82, 2.24) is 4.98 Å². The van der Waals surface area contributed by atoms with Crippen LogP contribution in [0.1, 0.15) is 33.3 Å². The Bertz CT molecular complexity index is 331. The minimum absolute atomic E-state index is 0.167. The van der Waals surface area contributed by atoms with Gasteiger partial charge in [-0.1, -0.05) is 39.0 Å². The van der Waals surface area contributed by atoms with E-state index in [-0.39, 0.29) is 5.41 Å². The summed E-state index contributed by atoms with van der Waals surface area (Å²) in [6.07, 6.45) is 1.93. The molecule has 0 amide bonds. The largest absolute Gasteiger partial charge is 0.366 e. The van der Waals surface area contributed by atoms with E-state index < -0.39 is 0 Å². The molecule has 2 nitrogen and oxygen atoms in total. The second kappa shape index (κ2) is 4.47. The highest BCUT2D eigenvalue weighted by atomic mass is 15.0. The van der Waals surface area contributed by atoms with Crippen molar-refractivity contribution in [2.45, 2.75) is 33.1 Å². The first kappa shape index (κ1) is 11.8. The van der Waals surface area contributed by atoms with Gasteiger partial charge in [0.15, 0.2) is 0 Å². The molecule has 0 bridgehead atoms. The van der Waals surface area contributed by atoms with Crippen molar-refractivity contribution in [1.29, 1.82) is 0 Å². The number of pyridine rings is 1. The van der Waals surface area contributed by atoms with E-state index in [4.69, 9.17) is 0 Å². The maximum atomic E-state index is 4.36. The van der Waals surface area contributed by atoms with Crippen LogP contribution in [0.15, 0.2) is 30.5 Å². The predicted molar refractivity (Wildman–Crippen MR) is 66.2 cm³/mol. The Morgan fingerprint density at radius 2 is 2.07 bits per heavy atom. The molecule has 1 aromatic rings. The summed E-state index contributed by atoms with van der Waals surface area (Å²) < 4.78 is 0. The molecule has 0 saturated carbocycles. The Morgan fingerprint density at radius 3 is 2.47 bits per heavy atom. The van der Waals surface area contributed by atoms with Crippen LogP contribution < -0.4 is 5.32 Å². The van der Waals surface area contributed by atoms with E-state index in [2.05, 4.69) is 43.7 Å². The SMILES string of the molecule is C=C(C)CNc1ccc(C(C)(C)C)cn1. The van der Waals surface area contributed by atoms with Gasteiger partial charge in [-0.05, 0) is 24.0 Å². The summed E-state index contributed by atoms with van der Waals surface area (Å²) in [5, 5.41) is 3.21. The Hall–Kier alpha value is -1.31. The standard InChI is InChI=1S/C13H20N2/c1-10(2)8-14-12-7-6-11(9-15-12)13(3,4)5/h6-7,9H,1,8H2,2-5H3,(H,14,15). The van der Waals surface area contributed by atoms with Crippen molar-refractivity contribution in [2.75, 3.05) is 11.9 Å². The highest BCUT2D eigenvalue weighted by molar-refractivity contribution is 5.38. The average Bonchev–Trinajstić information content (AvgIpc) is 2.14. The maximum Gasteiger partial charge on any atom is 0.126 e. The normalized spacial score (nSPS) is 11.2. The molecule has 0 aliphatic heterocycles. The first-order valence-corrected chi connectivity index (χ1v) is 5.24. The van der Waals surface area contributed by atoms with Gasteiger partial charge in [-0.15, -0.1) is 0 Å². The van der Waals surface area contributed by atoms with Gasteiger partial charge in [-0.25, -0.2) is 4.98 Å². The zero-order valence-electron chi connectivity index (χ0n) is 10.1. The molecule has 0 aliphatic carbocycles. The van der Waals surface area contributed by atoms with Gasteiger partial charge in [0, 0.05) is 12.7 Å². The Balaban J connectivity index is 2.69. The van der Waals surface area contributed by atoms with Crippen molar-refractivity contribution in [2.24, 2.45) is 0 Å². The number of rotatable bonds is 3. The number of nitrogens with one attached hydrogen (secondary N) is 1. The maximum absolute atomic E-state index is 4.36. The van der Waals surface area contributed by atoms with Crippen LogP contribution in [-0.2, 0) is 5.41 Å². The third kappa shape index (κ3) is 3.74. The Kier molecular flexibility index (Phi) is 3.51. The van der Waals surface area contributed by atoms with Crippen molar-refractivity contribution in [3.8, 4) is 0 Å². The number of nitrogens with zero attached hydrogens (tertiary/aromatic N) is 1. The summed E-state index contributed by atoms with van der Waals surface area (Å²) in [5.74, 6) is 0.908. The highest BCUT2D eigenvalue weighted by Gasteiger charge is 2.13. The van der Waals surface area contributed by atoms with Gasteiger partial charge in [0.05, 0.1) is 0 Å². The van der Waals surface area contributed by atoms with Crippen LogP contribution in [0.3, 0.4) is 0 Å². The minimum atomic E-state index is 0.167. The molecule has 0 atom stereocenters. The van der Waals surface area contributed by atoms with Crippen molar-refractivity contribution in [3.63, 3.8) is 0 Å². The van der Waals surface area contributed by atoms with Crippen molar-refractivity contribution < 1.29 is 0 Å². The molecule has 1 heterocycles. The molecule has 0 unspecified atom stereocenters. The monoisotopic (exact) mass is 204 g/mol. The van der Waals surface area contributed by atoms with Crippen molar-refractivity contribution >= 4 is 5.82 Å². The minimum Gasteiger partial charge on any atom is -0.366 e. The smallest absolute Gasteiger partial charge is 0.126 e. The third-order valence-corrected chi connectivity index (χ3v) is 2.20. The first-order chi connectivity index (χ1) is 6.89. The average molecular weight is 204 g/mol. The lowest BCUT2D eigenvalue weighted by molar-refractivity contribution is 0.587. The van der Waals surface area contributed by atoms with Crippen LogP contribution in [0.4, 0.5) is 5.82 Å². The number of aromatic nitrogens is 1. The lowest BCUT2D eigenvalue weighted by Crippen LogP contribution is -2.12. The molecule has 1 N–H and O–H groups in total. The van der Waals surface area contributed by atoms with Crippen LogP contribution in [0, 0.1) is 0 Å². The zero-order chi connectivity index (χ0) is 11.5. The topological polar surface area (TPSA) is 24.9 Å². The molecule has 0 aromatic carbocycles. The van der Waals surface area contributed by atoms with E-state index in [1.165, 1.54) is 5.56 Å². The summed E-state index contributed by atoms with van der Waals surface area (Å²) in [4.78, 5) is 4.36. The summed E-state index contributed by atoms with van der Waals surface area (Å²) >= 11 is 0. The van der Waals surface area contributed by atoms with Crippen LogP contribution in [0.2, 0.25) is 0 Å². The highest BCUT2D eigenvalue weighted by Crippen LogP contribution is 2.21. The summed E-state index contributed by atoms with van der Waals surface area (Å²) in [7, 11) is 0. The van der Waals surface area contributed by atoms with Gasteiger partial charge in [-0.3, -0.25) is 0 Å². The lowest BCUT2D eigenvalue weighted by Gasteiger charge is -2.18. The van der Waals surface area contributed by atoms with Gasteiger partial charge in [0.2, 0.25) is 0 Å². The predicted octanol–water partition coefficient (Wildman–Crippen LogP) is 3.37. The van der Waals surface area contributed by atoms with Crippen LogP contribution in [0.25, 0.3) is 0 Å². The van der Waals surface area contributed by atoms with E-state index in [9.17, 15) is 0 Å². The molecule has 2 heteroatoms. The molecule has 0 fully saturated rings. The van der Waals surface area contributed by atoms with Gasteiger partial charge >= 0.3 is 0 Å². The fraction of sp³-hybridized carbons (Fsp3) is 0.462. The second-order valence-electron chi connectivity index (χ2n) is 4.99. The van der Waals surface area contributed by atoms with Crippen LogP contribution in [-0.4, -0.2) is 11.5 Å².